The van der Waals surface area contributed by atoms with E-state index >= 15 is 0 Å². The summed E-state index contributed by atoms with van der Waals surface area (Å²) in [7, 11) is 1.42. The van der Waals surface area contributed by atoms with Crippen LogP contribution in [0.15, 0.2) is 30.3 Å². The van der Waals surface area contributed by atoms with Gasteiger partial charge in [-0.3, -0.25) is 4.79 Å². The first kappa shape index (κ1) is 15.1. The van der Waals surface area contributed by atoms with Gasteiger partial charge in [-0.05, 0) is 12.5 Å². The predicted octanol–water partition coefficient (Wildman–Crippen LogP) is 0.0763. The average Bonchev–Trinajstić information content (AvgIpc) is 2.39. The van der Waals surface area contributed by atoms with Crippen molar-refractivity contribution in [1.82, 2.24) is 5.32 Å². The predicted molar refractivity (Wildman–Crippen MR) is 69.4 cm³/mol. The first-order valence-electron chi connectivity index (χ1n) is 5.77. The van der Waals surface area contributed by atoms with Crippen LogP contribution in [-0.4, -0.2) is 36.7 Å². The van der Waals surface area contributed by atoms with E-state index in [1.807, 2.05) is 0 Å². The summed E-state index contributed by atoms with van der Waals surface area (Å²) in [6.45, 7) is 1.44. The molecule has 1 rings (SSSR count). The first-order chi connectivity index (χ1) is 8.91. The molecule has 1 aromatic carbocycles. The topological polar surface area (TPSA) is 102 Å². The fourth-order valence-corrected chi connectivity index (χ4v) is 1.61. The molecule has 4 N–H and O–H groups in total. The SMILES string of the molecule is COCC(N)C(=O)NC(C)(C(=O)O)c1ccccc1. The highest BCUT2D eigenvalue weighted by atomic mass is 16.5. The van der Waals surface area contributed by atoms with Crippen LogP contribution in [0.25, 0.3) is 0 Å². The van der Waals surface area contributed by atoms with Crippen molar-refractivity contribution in [2.24, 2.45) is 5.73 Å². The Labute approximate surface area is 111 Å². The maximum absolute atomic E-state index is 11.8. The first-order valence-corrected chi connectivity index (χ1v) is 5.77. The molecule has 0 spiro atoms. The fraction of sp³-hybridized carbons (Fsp3) is 0.385. The number of nitrogens with two attached hydrogens (primary N) is 1. The number of hydrogen-bond donors (Lipinski definition) is 3. The number of carboxylic acids is 1. The van der Waals surface area contributed by atoms with Gasteiger partial charge >= 0.3 is 5.97 Å². The van der Waals surface area contributed by atoms with Crippen LogP contribution in [0.5, 0.6) is 0 Å². The van der Waals surface area contributed by atoms with Crippen molar-refractivity contribution in [2.45, 2.75) is 18.5 Å². The summed E-state index contributed by atoms with van der Waals surface area (Å²) in [5.41, 5.74) is 4.53. The molecule has 2 unspecified atom stereocenters. The Morgan fingerprint density at radius 1 is 1.42 bits per heavy atom. The molecule has 0 aliphatic rings. The van der Waals surface area contributed by atoms with E-state index in [0.717, 1.165) is 0 Å². The van der Waals surface area contributed by atoms with Crippen LogP contribution in [0.3, 0.4) is 0 Å². The Hall–Kier alpha value is -1.92. The summed E-state index contributed by atoms with van der Waals surface area (Å²) in [5, 5.41) is 11.8. The molecule has 0 aliphatic carbocycles. The minimum Gasteiger partial charge on any atom is -0.479 e. The summed E-state index contributed by atoms with van der Waals surface area (Å²) >= 11 is 0. The van der Waals surface area contributed by atoms with E-state index in [-0.39, 0.29) is 6.61 Å². The average molecular weight is 266 g/mol. The summed E-state index contributed by atoms with van der Waals surface area (Å²) in [5.74, 6) is -1.73. The third-order valence-electron chi connectivity index (χ3n) is 2.84. The van der Waals surface area contributed by atoms with Crippen molar-refractivity contribution in [3.05, 3.63) is 35.9 Å². The van der Waals surface area contributed by atoms with Crippen molar-refractivity contribution in [3.8, 4) is 0 Å². The number of aliphatic carboxylic acids is 1. The zero-order valence-electron chi connectivity index (χ0n) is 10.9. The van der Waals surface area contributed by atoms with E-state index in [4.69, 9.17) is 10.5 Å². The van der Waals surface area contributed by atoms with Crippen LogP contribution in [0.1, 0.15) is 12.5 Å². The summed E-state index contributed by atoms with van der Waals surface area (Å²) in [6, 6.07) is 7.54. The number of carboxylic acid groups (broad SMARTS) is 1. The van der Waals surface area contributed by atoms with Crippen molar-refractivity contribution in [1.29, 1.82) is 0 Å². The third-order valence-corrected chi connectivity index (χ3v) is 2.84. The molecule has 0 fully saturated rings. The van der Waals surface area contributed by atoms with Gasteiger partial charge in [0.15, 0.2) is 5.54 Å². The van der Waals surface area contributed by atoms with Crippen LogP contribution in [0, 0.1) is 0 Å². The Balaban J connectivity index is 2.96. The third kappa shape index (κ3) is 3.52. The minimum absolute atomic E-state index is 0.0241. The normalized spacial score (nSPS) is 15.3. The smallest absolute Gasteiger partial charge is 0.333 e. The zero-order valence-corrected chi connectivity index (χ0v) is 10.9. The lowest BCUT2D eigenvalue weighted by molar-refractivity contribution is -0.147. The zero-order chi connectivity index (χ0) is 14.5. The molecule has 0 saturated heterocycles. The molecular weight excluding hydrogens is 248 g/mol. The molecule has 0 aliphatic heterocycles. The molecule has 0 bridgehead atoms. The number of carbonyl (C=O) groups excluding carboxylic acids is 1. The van der Waals surface area contributed by atoms with E-state index in [0.29, 0.717) is 5.56 Å². The van der Waals surface area contributed by atoms with Gasteiger partial charge in [-0.2, -0.15) is 0 Å². The molecule has 0 radical (unpaired) electrons. The maximum atomic E-state index is 11.8. The number of amides is 1. The summed E-state index contributed by atoms with van der Waals surface area (Å²) < 4.78 is 4.77. The minimum atomic E-state index is -1.52. The molecule has 6 heteroatoms. The molecule has 6 nitrogen and oxygen atoms in total. The van der Waals surface area contributed by atoms with Crippen molar-refractivity contribution >= 4 is 11.9 Å². The lowest BCUT2D eigenvalue weighted by Crippen LogP contribution is -2.55. The van der Waals surface area contributed by atoms with E-state index in [1.165, 1.54) is 14.0 Å². The van der Waals surface area contributed by atoms with E-state index in [1.54, 1.807) is 30.3 Å². The van der Waals surface area contributed by atoms with Crippen molar-refractivity contribution < 1.29 is 19.4 Å². The summed E-state index contributed by atoms with van der Waals surface area (Å²) in [6.07, 6.45) is 0. The van der Waals surface area contributed by atoms with Gasteiger partial charge in [-0.25, -0.2) is 4.79 Å². The Bertz CT molecular complexity index is 449. The summed E-state index contributed by atoms with van der Waals surface area (Å²) in [4.78, 5) is 23.3. The Kier molecular flexibility index (Phi) is 5.02. The largest absolute Gasteiger partial charge is 0.479 e. The Morgan fingerprint density at radius 2 is 2.00 bits per heavy atom. The molecule has 104 valence electrons. The number of methoxy groups -OCH3 is 1. The standard InChI is InChI=1S/C13H18N2O4/c1-13(12(17)18,9-6-4-3-5-7-9)15-11(16)10(14)8-19-2/h3-7,10H,8,14H2,1-2H3,(H,15,16)(H,17,18). The van der Waals surface area contributed by atoms with Crippen LogP contribution >= 0.6 is 0 Å². The highest BCUT2D eigenvalue weighted by Gasteiger charge is 2.37. The highest BCUT2D eigenvalue weighted by Crippen LogP contribution is 2.20. The monoisotopic (exact) mass is 266 g/mol. The van der Waals surface area contributed by atoms with E-state index in [2.05, 4.69) is 5.32 Å². The molecular formula is C13H18N2O4. The van der Waals surface area contributed by atoms with Gasteiger partial charge in [0.25, 0.3) is 0 Å². The van der Waals surface area contributed by atoms with Crippen molar-refractivity contribution in [2.75, 3.05) is 13.7 Å². The van der Waals surface area contributed by atoms with Crippen LogP contribution < -0.4 is 11.1 Å². The Morgan fingerprint density at radius 3 is 2.47 bits per heavy atom. The second-order valence-electron chi connectivity index (χ2n) is 4.35. The van der Waals surface area contributed by atoms with Crippen LogP contribution in [0.2, 0.25) is 0 Å². The van der Waals surface area contributed by atoms with Gasteiger partial charge in [0.05, 0.1) is 6.61 Å². The van der Waals surface area contributed by atoms with Gasteiger partial charge in [0, 0.05) is 7.11 Å². The number of ether oxygens (including phenoxy) is 1. The van der Waals surface area contributed by atoms with Crippen LogP contribution in [0.4, 0.5) is 0 Å². The van der Waals surface area contributed by atoms with Crippen molar-refractivity contribution in [3.63, 3.8) is 0 Å². The van der Waals surface area contributed by atoms with Gasteiger partial charge in [0.2, 0.25) is 5.91 Å². The molecule has 0 saturated carbocycles. The quantitative estimate of drug-likeness (QED) is 0.676. The number of hydrogen-bond acceptors (Lipinski definition) is 4. The number of nitrogens with one attached hydrogen (secondary N) is 1. The number of benzene rings is 1. The van der Waals surface area contributed by atoms with Crippen LogP contribution in [-0.2, 0) is 19.9 Å². The number of rotatable bonds is 6. The van der Waals surface area contributed by atoms with E-state index in [9.17, 15) is 14.7 Å². The molecule has 0 aromatic heterocycles. The molecule has 1 amide bonds. The van der Waals surface area contributed by atoms with E-state index < -0.39 is 23.5 Å². The second-order valence-corrected chi connectivity index (χ2v) is 4.35. The lowest BCUT2D eigenvalue weighted by atomic mass is 9.91. The maximum Gasteiger partial charge on any atom is 0.333 e. The molecule has 19 heavy (non-hydrogen) atoms. The molecule has 1 aromatic rings. The van der Waals surface area contributed by atoms with Gasteiger partial charge in [-0.1, -0.05) is 30.3 Å². The number of carbonyl (C=O) groups is 2. The fourth-order valence-electron chi connectivity index (χ4n) is 1.61. The second kappa shape index (κ2) is 6.31. The molecule has 2 atom stereocenters. The lowest BCUT2D eigenvalue weighted by Gasteiger charge is -2.28. The van der Waals surface area contributed by atoms with Gasteiger partial charge in [-0.15, -0.1) is 0 Å². The molecule has 0 heterocycles. The van der Waals surface area contributed by atoms with Gasteiger partial charge < -0.3 is 20.9 Å². The van der Waals surface area contributed by atoms with Gasteiger partial charge in [0.1, 0.15) is 6.04 Å². The highest BCUT2D eigenvalue weighted by molar-refractivity contribution is 5.90.